The number of aliphatic imine (C=N–C) groups is 1. The quantitative estimate of drug-likeness (QED) is 0.460. The smallest absolute Gasteiger partial charge is 0.193 e. The predicted octanol–water partition coefficient (Wildman–Crippen LogP) is 2.98. The fourth-order valence-corrected chi connectivity index (χ4v) is 3.23. The topological polar surface area (TPSA) is 46.1 Å². The van der Waals surface area contributed by atoms with E-state index in [-0.39, 0.29) is 18.0 Å². The minimum Gasteiger partial charge on any atom is -0.381 e. The van der Waals surface area contributed by atoms with Gasteiger partial charge in [0.05, 0.1) is 12.6 Å². The van der Waals surface area contributed by atoms with E-state index in [0.29, 0.717) is 6.54 Å². The van der Waals surface area contributed by atoms with Gasteiger partial charge in [-0.1, -0.05) is 12.1 Å². The monoisotopic (exact) mass is 363 g/mol. The highest BCUT2D eigenvalue weighted by Gasteiger charge is 2.28. The minimum absolute atomic E-state index is 0.0826. The third-order valence-corrected chi connectivity index (χ3v) is 4.81. The molecule has 0 spiro atoms. The summed E-state index contributed by atoms with van der Waals surface area (Å²) in [5, 5.41) is 3.42. The average Bonchev–Trinajstić information content (AvgIpc) is 3.45. The molecule has 2 unspecified atom stereocenters. The van der Waals surface area contributed by atoms with Gasteiger partial charge in [0, 0.05) is 33.4 Å². The van der Waals surface area contributed by atoms with Gasteiger partial charge in [0.2, 0.25) is 0 Å². The van der Waals surface area contributed by atoms with Crippen molar-refractivity contribution in [2.24, 2.45) is 10.9 Å². The Morgan fingerprint density at radius 2 is 2.08 bits per heavy atom. The maximum Gasteiger partial charge on any atom is 0.193 e. The molecule has 1 heterocycles. The van der Waals surface area contributed by atoms with E-state index in [2.05, 4.69) is 22.1 Å². The molecule has 2 aliphatic rings. The van der Waals surface area contributed by atoms with Gasteiger partial charge in [0.25, 0.3) is 0 Å². The van der Waals surface area contributed by atoms with E-state index in [1.807, 2.05) is 0 Å². The number of nitrogens with one attached hydrogen (secondary N) is 1. The Kier molecular flexibility index (Phi) is 6.86. The lowest BCUT2D eigenvalue weighted by molar-refractivity contribution is -0.0605. The van der Waals surface area contributed by atoms with Crippen LogP contribution in [0.25, 0.3) is 0 Å². The van der Waals surface area contributed by atoms with Gasteiger partial charge in [-0.3, -0.25) is 4.99 Å². The van der Waals surface area contributed by atoms with Crippen molar-refractivity contribution in [3.05, 3.63) is 35.6 Å². The van der Waals surface area contributed by atoms with Crippen LogP contribution in [-0.4, -0.2) is 56.9 Å². The molecule has 1 saturated carbocycles. The maximum atomic E-state index is 13.2. The molecule has 2 fully saturated rings. The number of hydrogen-bond donors (Lipinski definition) is 1. The summed E-state index contributed by atoms with van der Waals surface area (Å²) in [5.74, 6) is 1.47. The van der Waals surface area contributed by atoms with Gasteiger partial charge >= 0.3 is 0 Å². The van der Waals surface area contributed by atoms with Crippen molar-refractivity contribution in [1.29, 1.82) is 0 Å². The van der Waals surface area contributed by atoms with E-state index in [1.165, 1.54) is 25.0 Å². The van der Waals surface area contributed by atoms with Gasteiger partial charge in [-0.05, 0) is 49.8 Å². The first kappa shape index (κ1) is 19.1. The lowest BCUT2D eigenvalue weighted by Crippen LogP contribution is -2.50. The molecular formula is C20H30FN3O2. The van der Waals surface area contributed by atoms with Crippen molar-refractivity contribution >= 4 is 5.96 Å². The van der Waals surface area contributed by atoms with Gasteiger partial charge in [0.15, 0.2) is 5.96 Å². The van der Waals surface area contributed by atoms with Crippen molar-refractivity contribution in [3.8, 4) is 0 Å². The van der Waals surface area contributed by atoms with Gasteiger partial charge < -0.3 is 19.7 Å². The highest BCUT2D eigenvalue weighted by molar-refractivity contribution is 5.80. The molecule has 5 nitrogen and oxygen atoms in total. The molecule has 1 aromatic rings. The summed E-state index contributed by atoms with van der Waals surface area (Å²) < 4.78 is 24.9. The largest absolute Gasteiger partial charge is 0.381 e. The molecule has 26 heavy (non-hydrogen) atoms. The van der Waals surface area contributed by atoms with Crippen LogP contribution < -0.4 is 5.32 Å². The van der Waals surface area contributed by atoms with Crippen molar-refractivity contribution < 1.29 is 13.9 Å². The zero-order chi connectivity index (χ0) is 18.4. The lowest BCUT2D eigenvalue weighted by atomic mass is 10.1. The number of halogens is 1. The van der Waals surface area contributed by atoms with Crippen LogP contribution in [0.4, 0.5) is 4.39 Å². The maximum absolute atomic E-state index is 13.2. The number of ether oxygens (including phenoxy) is 2. The molecule has 1 N–H and O–H groups in total. The predicted molar refractivity (Wildman–Crippen MR) is 101 cm³/mol. The molecule has 1 saturated heterocycles. The van der Waals surface area contributed by atoms with Crippen LogP contribution >= 0.6 is 0 Å². The standard InChI is InChI=1S/C20H30FN3O2/c1-15-12-24(13-19(26-15)17-6-8-18(21)9-7-17)20(22-2)23-10-3-11-25-14-16-4-5-16/h6-9,15-16,19H,3-5,10-14H2,1-2H3,(H,22,23). The van der Waals surface area contributed by atoms with Crippen LogP contribution in [0.1, 0.15) is 37.9 Å². The molecule has 1 aliphatic heterocycles. The highest BCUT2D eigenvalue weighted by Crippen LogP contribution is 2.28. The number of nitrogens with zero attached hydrogens (tertiary/aromatic N) is 2. The summed E-state index contributed by atoms with van der Waals surface area (Å²) >= 11 is 0. The molecule has 0 bridgehead atoms. The minimum atomic E-state index is -0.226. The summed E-state index contributed by atoms with van der Waals surface area (Å²) in [6, 6.07) is 6.56. The molecular weight excluding hydrogens is 333 g/mol. The van der Waals surface area contributed by atoms with E-state index < -0.39 is 0 Å². The molecule has 0 aromatic heterocycles. The zero-order valence-corrected chi connectivity index (χ0v) is 15.8. The number of hydrogen-bond acceptors (Lipinski definition) is 3. The van der Waals surface area contributed by atoms with Gasteiger partial charge in [-0.2, -0.15) is 0 Å². The Morgan fingerprint density at radius 1 is 1.31 bits per heavy atom. The first-order valence-corrected chi connectivity index (χ1v) is 9.60. The van der Waals surface area contributed by atoms with Crippen LogP contribution in [0, 0.1) is 11.7 Å². The average molecular weight is 363 g/mol. The van der Waals surface area contributed by atoms with E-state index in [4.69, 9.17) is 9.47 Å². The van der Waals surface area contributed by atoms with Crippen molar-refractivity contribution in [2.75, 3.05) is 39.9 Å². The van der Waals surface area contributed by atoms with E-state index >= 15 is 0 Å². The van der Waals surface area contributed by atoms with Gasteiger partial charge in [0.1, 0.15) is 11.9 Å². The van der Waals surface area contributed by atoms with Crippen LogP contribution in [0.5, 0.6) is 0 Å². The highest BCUT2D eigenvalue weighted by atomic mass is 19.1. The molecule has 1 aromatic carbocycles. The Balaban J connectivity index is 1.47. The number of morpholine rings is 1. The summed E-state index contributed by atoms with van der Waals surface area (Å²) in [6.07, 6.45) is 3.62. The SMILES string of the molecule is CN=C(NCCCOCC1CC1)N1CC(C)OC(c2ccc(F)cc2)C1. The Bertz CT molecular complexity index is 589. The van der Waals surface area contributed by atoms with Crippen LogP contribution in [0.15, 0.2) is 29.3 Å². The van der Waals surface area contributed by atoms with Gasteiger partial charge in [-0.15, -0.1) is 0 Å². The number of guanidine groups is 1. The molecule has 1 aliphatic carbocycles. The second kappa shape index (κ2) is 9.33. The van der Waals surface area contributed by atoms with Crippen LogP contribution in [-0.2, 0) is 9.47 Å². The first-order chi connectivity index (χ1) is 12.7. The fourth-order valence-electron chi connectivity index (χ4n) is 3.23. The first-order valence-electron chi connectivity index (χ1n) is 9.60. The summed E-state index contributed by atoms with van der Waals surface area (Å²) in [5.41, 5.74) is 0.992. The molecule has 3 rings (SSSR count). The zero-order valence-electron chi connectivity index (χ0n) is 15.8. The lowest BCUT2D eigenvalue weighted by Gasteiger charge is -2.38. The molecule has 2 atom stereocenters. The summed E-state index contributed by atoms with van der Waals surface area (Å²) in [7, 11) is 1.80. The normalized spacial score (nSPS) is 24.0. The van der Waals surface area contributed by atoms with Crippen molar-refractivity contribution in [2.45, 2.75) is 38.4 Å². The Hall–Kier alpha value is -1.66. The summed E-state index contributed by atoms with van der Waals surface area (Å²) in [6.45, 7) is 6.09. The second-order valence-electron chi connectivity index (χ2n) is 7.24. The van der Waals surface area contributed by atoms with Gasteiger partial charge in [-0.25, -0.2) is 4.39 Å². The second-order valence-corrected chi connectivity index (χ2v) is 7.24. The Labute approximate surface area is 155 Å². The number of rotatable bonds is 7. The van der Waals surface area contributed by atoms with E-state index in [9.17, 15) is 4.39 Å². The third-order valence-electron chi connectivity index (χ3n) is 4.81. The fraction of sp³-hybridized carbons (Fsp3) is 0.650. The van der Waals surface area contributed by atoms with Crippen LogP contribution in [0.3, 0.4) is 0 Å². The van der Waals surface area contributed by atoms with E-state index in [1.54, 1.807) is 19.2 Å². The molecule has 144 valence electrons. The van der Waals surface area contributed by atoms with E-state index in [0.717, 1.165) is 50.2 Å². The van der Waals surface area contributed by atoms with Crippen molar-refractivity contribution in [1.82, 2.24) is 10.2 Å². The van der Waals surface area contributed by atoms with Crippen molar-refractivity contribution in [3.63, 3.8) is 0 Å². The Morgan fingerprint density at radius 3 is 2.77 bits per heavy atom. The number of benzene rings is 1. The molecule has 6 heteroatoms. The summed E-state index contributed by atoms with van der Waals surface area (Å²) in [4.78, 5) is 6.64. The third kappa shape index (κ3) is 5.68. The van der Waals surface area contributed by atoms with Crippen LogP contribution in [0.2, 0.25) is 0 Å². The molecule has 0 amide bonds. The molecule has 0 radical (unpaired) electrons.